The summed E-state index contributed by atoms with van der Waals surface area (Å²) in [4.78, 5) is 26.2. The number of ether oxygens (including phenoxy) is 1. The minimum Gasteiger partial charge on any atom is -0.479 e. The molecule has 0 aliphatic carbocycles. The van der Waals surface area contributed by atoms with Crippen LogP contribution < -0.4 is 15.0 Å². The van der Waals surface area contributed by atoms with E-state index in [1.54, 1.807) is 24.0 Å². The Bertz CT molecular complexity index is 822. The van der Waals surface area contributed by atoms with Crippen molar-refractivity contribution in [1.29, 1.82) is 0 Å². The van der Waals surface area contributed by atoms with Gasteiger partial charge >= 0.3 is 0 Å². The van der Waals surface area contributed by atoms with Crippen LogP contribution in [-0.2, 0) is 9.59 Å². The van der Waals surface area contributed by atoms with Gasteiger partial charge in [-0.25, -0.2) is 0 Å². The molecule has 130 valence electrons. The van der Waals surface area contributed by atoms with Gasteiger partial charge in [-0.05, 0) is 43.7 Å². The standard InChI is InChI=1S/C19H19ClN2O3/c1-12-7-8-14(11-15(12)20)21-18(23)9-10-22-16-5-3-4-6-17(16)25-13(2)19(22)24/h3-8,11,13H,9-10H2,1-2H3,(H,21,23). The van der Waals surface area contributed by atoms with Crippen molar-refractivity contribution < 1.29 is 14.3 Å². The third-order valence-electron chi connectivity index (χ3n) is 4.09. The predicted octanol–water partition coefficient (Wildman–Crippen LogP) is 3.79. The first kappa shape index (κ1) is 17.3. The number of rotatable bonds is 4. The number of carbonyl (C=O) groups is 2. The van der Waals surface area contributed by atoms with Crippen LogP contribution in [0.15, 0.2) is 42.5 Å². The number of anilines is 2. The van der Waals surface area contributed by atoms with Gasteiger partial charge in [0, 0.05) is 23.7 Å². The highest BCUT2D eigenvalue weighted by molar-refractivity contribution is 6.31. The molecular formula is C19H19ClN2O3. The lowest BCUT2D eigenvalue weighted by atomic mass is 10.1. The zero-order valence-electron chi connectivity index (χ0n) is 14.1. The molecule has 0 fully saturated rings. The zero-order chi connectivity index (χ0) is 18.0. The Balaban J connectivity index is 1.67. The van der Waals surface area contributed by atoms with Crippen LogP contribution in [0.1, 0.15) is 18.9 Å². The van der Waals surface area contributed by atoms with Crippen LogP contribution in [0.4, 0.5) is 11.4 Å². The van der Waals surface area contributed by atoms with Crippen LogP contribution in [-0.4, -0.2) is 24.5 Å². The van der Waals surface area contributed by atoms with E-state index < -0.39 is 6.10 Å². The second kappa shape index (κ2) is 7.15. The quantitative estimate of drug-likeness (QED) is 0.904. The molecule has 25 heavy (non-hydrogen) atoms. The SMILES string of the molecule is Cc1ccc(NC(=O)CCN2C(=O)C(C)Oc3ccccc32)cc1Cl. The number of hydrogen-bond donors (Lipinski definition) is 1. The highest BCUT2D eigenvalue weighted by atomic mass is 35.5. The summed E-state index contributed by atoms with van der Waals surface area (Å²) in [5, 5.41) is 3.41. The van der Waals surface area contributed by atoms with E-state index in [-0.39, 0.29) is 24.8 Å². The molecule has 3 rings (SSSR count). The summed E-state index contributed by atoms with van der Waals surface area (Å²) in [5.74, 6) is 0.328. The van der Waals surface area contributed by atoms with Crippen molar-refractivity contribution in [2.24, 2.45) is 0 Å². The average molecular weight is 359 g/mol. The predicted molar refractivity (Wildman–Crippen MR) is 98.3 cm³/mol. The summed E-state index contributed by atoms with van der Waals surface area (Å²) in [6.07, 6.45) is -0.382. The molecule has 1 aliphatic rings. The fourth-order valence-electron chi connectivity index (χ4n) is 2.70. The summed E-state index contributed by atoms with van der Waals surface area (Å²) >= 11 is 6.07. The van der Waals surface area contributed by atoms with Crippen LogP contribution in [0, 0.1) is 6.92 Å². The van der Waals surface area contributed by atoms with Crippen molar-refractivity contribution in [2.45, 2.75) is 26.4 Å². The van der Waals surface area contributed by atoms with Gasteiger partial charge in [0.2, 0.25) is 5.91 Å². The molecule has 0 radical (unpaired) electrons. The molecular weight excluding hydrogens is 340 g/mol. The van der Waals surface area contributed by atoms with Gasteiger partial charge in [-0.1, -0.05) is 29.8 Å². The molecule has 1 N–H and O–H groups in total. The molecule has 0 saturated heterocycles. The normalized spacial score (nSPS) is 16.2. The number of carbonyl (C=O) groups excluding carboxylic acids is 2. The molecule has 2 aromatic carbocycles. The number of benzene rings is 2. The summed E-state index contributed by atoms with van der Waals surface area (Å²) in [6, 6.07) is 12.7. The topological polar surface area (TPSA) is 58.6 Å². The lowest BCUT2D eigenvalue weighted by Crippen LogP contribution is -2.45. The zero-order valence-corrected chi connectivity index (χ0v) is 14.8. The average Bonchev–Trinajstić information content (AvgIpc) is 2.58. The Morgan fingerprint density at radius 2 is 2.04 bits per heavy atom. The van der Waals surface area contributed by atoms with Gasteiger partial charge < -0.3 is 15.0 Å². The van der Waals surface area contributed by atoms with Gasteiger partial charge in [0.25, 0.3) is 5.91 Å². The van der Waals surface area contributed by atoms with Crippen molar-refractivity contribution in [3.63, 3.8) is 0 Å². The molecule has 0 bridgehead atoms. The maximum Gasteiger partial charge on any atom is 0.267 e. The Kier molecular flexibility index (Phi) is 4.95. The van der Waals surface area contributed by atoms with Crippen LogP contribution in [0.2, 0.25) is 5.02 Å². The summed E-state index contributed by atoms with van der Waals surface area (Å²) in [7, 11) is 0. The number of para-hydroxylation sites is 2. The first-order valence-electron chi connectivity index (χ1n) is 8.09. The molecule has 6 heteroatoms. The first-order valence-corrected chi connectivity index (χ1v) is 8.46. The molecule has 0 saturated carbocycles. The number of nitrogens with one attached hydrogen (secondary N) is 1. The Morgan fingerprint density at radius 1 is 1.28 bits per heavy atom. The lowest BCUT2D eigenvalue weighted by Gasteiger charge is -2.32. The van der Waals surface area contributed by atoms with Gasteiger partial charge in [-0.2, -0.15) is 0 Å². The van der Waals surface area contributed by atoms with E-state index in [4.69, 9.17) is 16.3 Å². The minimum absolute atomic E-state index is 0.148. The Hall–Kier alpha value is -2.53. The fourth-order valence-corrected chi connectivity index (χ4v) is 2.88. The molecule has 0 aromatic heterocycles. The lowest BCUT2D eigenvalue weighted by molar-refractivity contribution is -0.125. The minimum atomic E-state index is -0.561. The van der Waals surface area contributed by atoms with Crippen LogP contribution in [0.5, 0.6) is 5.75 Å². The van der Waals surface area contributed by atoms with Gasteiger partial charge in [-0.3, -0.25) is 9.59 Å². The third-order valence-corrected chi connectivity index (χ3v) is 4.50. The van der Waals surface area contributed by atoms with E-state index in [9.17, 15) is 9.59 Å². The van der Waals surface area contributed by atoms with Crippen LogP contribution >= 0.6 is 11.6 Å². The highest BCUT2D eigenvalue weighted by Gasteiger charge is 2.31. The summed E-state index contributed by atoms with van der Waals surface area (Å²) < 4.78 is 5.59. The second-order valence-corrected chi connectivity index (χ2v) is 6.39. The van der Waals surface area contributed by atoms with Gasteiger partial charge in [0.05, 0.1) is 5.69 Å². The summed E-state index contributed by atoms with van der Waals surface area (Å²) in [5.41, 5.74) is 2.28. The Labute approximate surface area is 151 Å². The van der Waals surface area contributed by atoms with E-state index in [1.807, 2.05) is 37.3 Å². The molecule has 2 aromatic rings. The van der Waals surface area contributed by atoms with Gasteiger partial charge in [0.15, 0.2) is 6.10 Å². The van der Waals surface area contributed by atoms with Crippen molar-refractivity contribution in [3.05, 3.63) is 53.1 Å². The number of halogens is 1. The number of amides is 2. The van der Waals surface area contributed by atoms with E-state index in [1.165, 1.54) is 0 Å². The number of aryl methyl sites for hydroxylation is 1. The van der Waals surface area contributed by atoms with Crippen LogP contribution in [0.3, 0.4) is 0 Å². The molecule has 1 heterocycles. The first-order chi connectivity index (χ1) is 12.0. The number of fused-ring (bicyclic) bond motifs is 1. The molecule has 1 unspecified atom stereocenters. The molecule has 1 atom stereocenters. The van der Waals surface area contributed by atoms with Crippen molar-refractivity contribution >= 4 is 34.8 Å². The van der Waals surface area contributed by atoms with E-state index in [0.717, 1.165) is 5.56 Å². The van der Waals surface area contributed by atoms with E-state index >= 15 is 0 Å². The van der Waals surface area contributed by atoms with E-state index in [2.05, 4.69) is 5.32 Å². The Morgan fingerprint density at radius 3 is 2.80 bits per heavy atom. The molecule has 5 nitrogen and oxygen atoms in total. The highest BCUT2D eigenvalue weighted by Crippen LogP contribution is 2.33. The van der Waals surface area contributed by atoms with Gasteiger partial charge in [0.1, 0.15) is 5.75 Å². The number of hydrogen-bond acceptors (Lipinski definition) is 3. The van der Waals surface area contributed by atoms with E-state index in [0.29, 0.717) is 22.1 Å². The second-order valence-electron chi connectivity index (χ2n) is 5.98. The molecule has 2 amide bonds. The van der Waals surface area contributed by atoms with Gasteiger partial charge in [-0.15, -0.1) is 0 Å². The van der Waals surface area contributed by atoms with Crippen molar-refractivity contribution in [2.75, 3.05) is 16.8 Å². The monoisotopic (exact) mass is 358 g/mol. The maximum atomic E-state index is 12.4. The smallest absolute Gasteiger partial charge is 0.267 e. The van der Waals surface area contributed by atoms with Crippen molar-refractivity contribution in [1.82, 2.24) is 0 Å². The number of nitrogens with zero attached hydrogens (tertiary/aromatic N) is 1. The van der Waals surface area contributed by atoms with Crippen molar-refractivity contribution in [3.8, 4) is 5.75 Å². The fraction of sp³-hybridized carbons (Fsp3) is 0.263. The third kappa shape index (κ3) is 3.77. The molecule has 1 aliphatic heterocycles. The molecule has 0 spiro atoms. The maximum absolute atomic E-state index is 12.4. The summed E-state index contributed by atoms with van der Waals surface area (Å²) in [6.45, 7) is 3.89. The van der Waals surface area contributed by atoms with Crippen LogP contribution in [0.25, 0.3) is 0 Å². The largest absolute Gasteiger partial charge is 0.479 e.